The molecule has 0 fully saturated rings. The molecule has 98 valence electrons. The highest BCUT2D eigenvalue weighted by atomic mass is 32.2. The molecule has 0 atom stereocenters. The van der Waals surface area contributed by atoms with Crippen LogP contribution >= 0.6 is 0 Å². The molecule has 1 aromatic carbocycles. The number of carboxylic acids is 1. The van der Waals surface area contributed by atoms with Crippen molar-refractivity contribution in [3.63, 3.8) is 0 Å². The molecule has 2 N–H and O–H groups in total. The number of nitrogens with one attached hydrogen (secondary N) is 1. The molecule has 1 rings (SSSR count). The van der Waals surface area contributed by atoms with Crippen LogP contribution in [0.1, 0.15) is 17.3 Å². The number of rotatable bonds is 5. The van der Waals surface area contributed by atoms with Crippen molar-refractivity contribution < 1.29 is 23.1 Å². The number of hydrogen-bond donors (Lipinski definition) is 2. The Kier molecular flexibility index (Phi) is 4.43. The number of benzene rings is 1. The summed E-state index contributed by atoms with van der Waals surface area (Å²) in [5.74, 6) is -2.37. The summed E-state index contributed by atoms with van der Waals surface area (Å²) in [5, 5.41) is 11.1. The van der Waals surface area contributed by atoms with Gasteiger partial charge in [0.1, 0.15) is 5.75 Å². The second-order valence-electron chi connectivity index (χ2n) is 3.54. The van der Waals surface area contributed by atoms with Gasteiger partial charge in [-0.15, -0.1) is 0 Å². The van der Waals surface area contributed by atoms with E-state index in [0.717, 1.165) is 0 Å². The van der Waals surface area contributed by atoms with Crippen molar-refractivity contribution in [2.45, 2.75) is 11.8 Å². The molecule has 18 heavy (non-hydrogen) atoms. The SMILES string of the molecule is CCNC(=O)CS(=O)(=O)c1ccc(C(=O)O)cc1. The van der Waals surface area contributed by atoms with Crippen molar-refractivity contribution in [1.82, 2.24) is 5.32 Å². The normalized spacial score (nSPS) is 10.9. The van der Waals surface area contributed by atoms with Gasteiger partial charge in [-0.05, 0) is 31.2 Å². The first-order valence-electron chi connectivity index (χ1n) is 5.19. The fraction of sp³-hybridized carbons (Fsp3) is 0.273. The molecular formula is C11H13NO5S. The van der Waals surface area contributed by atoms with Gasteiger partial charge in [-0.25, -0.2) is 13.2 Å². The lowest BCUT2D eigenvalue weighted by atomic mass is 10.2. The molecule has 0 spiro atoms. The van der Waals surface area contributed by atoms with Crippen molar-refractivity contribution in [1.29, 1.82) is 0 Å². The summed E-state index contributed by atoms with van der Waals surface area (Å²) in [6.07, 6.45) is 0. The summed E-state index contributed by atoms with van der Waals surface area (Å²) in [7, 11) is -3.73. The standard InChI is InChI=1S/C11H13NO5S/c1-2-12-10(13)7-18(16,17)9-5-3-8(4-6-9)11(14)15/h3-6H,2,7H2,1H3,(H,12,13)(H,14,15). The van der Waals surface area contributed by atoms with Gasteiger partial charge in [-0.2, -0.15) is 0 Å². The Hall–Kier alpha value is -1.89. The lowest BCUT2D eigenvalue weighted by molar-refractivity contribution is -0.118. The highest BCUT2D eigenvalue weighted by Crippen LogP contribution is 2.12. The maximum Gasteiger partial charge on any atom is 0.335 e. The van der Waals surface area contributed by atoms with E-state index in [1.54, 1.807) is 6.92 Å². The summed E-state index contributed by atoms with van der Waals surface area (Å²) < 4.78 is 23.6. The molecule has 0 aromatic heterocycles. The Morgan fingerprint density at radius 1 is 1.22 bits per heavy atom. The van der Waals surface area contributed by atoms with Crippen molar-refractivity contribution in [3.05, 3.63) is 29.8 Å². The number of carbonyl (C=O) groups is 2. The highest BCUT2D eigenvalue weighted by molar-refractivity contribution is 7.92. The summed E-state index contributed by atoms with van der Waals surface area (Å²) in [5.41, 5.74) is -0.00744. The van der Waals surface area contributed by atoms with E-state index in [4.69, 9.17) is 5.11 Å². The van der Waals surface area contributed by atoms with Crippen LogP contribution in [0.3, 0.4) is 0 Å². The summed E-state index contributed by atoms with van der Waals surface area (Å²) in [4.78, 5) is 21.8. The van der Waals surface area contributed by atoms with E-state index >= 15 is 0 Å². The van der Waals surface area contributed by atoms with Crippen molar-refractivity contribution >= 4 is 21.7 Å². The maximum absolute atomic E-state index is 11.8. The van der Waals surface area contributed by atoms with Crippen LogP contribution in [0.15, 0.2) is 29.2 Å². The number of aromatic carboxylic acids is 1. The number of sulfone groups is 1. The maximum atomic E-state index is 11.8. The number of amides is 1. The predicted octanol–water partition coefficient (Wildman–Crippen LogP) is 0.295. The molecule has 0 heterocycles. The average Bonchev–Trinajstić information content (AvgIpc) is 2.28. The van der Waals surface area contributed by atoms with Crippen LogP contribution < -0.4 is 5.32 Å². The van der Waals surface area contributed by atoms with E-state index < -0.39 is 27.5 Å². The van der Waals surface area contributed by atoms with Crippen LogP contribution in [-0.2, 0) is 14.6 Å². The van der Waals surface area contributed by atoms with Gasteiger partial charge in [0.15, 0.2) is 9.84 Å². The second kappa shape index (κ2) is 5.63. The molecule has 6 nitrogen and oxygen atoms in total. The Balaban J connectivity index is 2.92. The van der Waals surface area contributed by atoms with E-state index in [1.165, 1.54) is 24.3 Å². The number of hydrogen-bond acceptors (Lipinski definition) is 4. The molecule has 0 radical (unpaired) electrons. The van der Waals surface area contributed by atoms with Crippen LogP contribution in [0.25, 0.3) is 0 Å². The van der Waals surface area contributed by atoms with Gasteiger partial charge in [-0.1, -0.05) is 0 Å². The van der Waals surface area contributed by atoms with E-state index in [9.17, 15) is 18.0 Å². The molecular weight excluding hydrogens is 258 g/mol. The van der Waals surface area contributed by atoms with Crippen LogP contribution in [-0.4, -0.2) is 37.7 Å². The number of carboxylic acid groups (broad SMARTS) is 1. The monoisotopic (exact) mass is 271 g/mol. The van der Waals surface area contributed by atoms with E-state index in [0.29, 0.717) is 6.54 Å². The lowest BCUT2D eigenvalue weighted by Crippen LogP contribution is -2.30. The van der Waals surface area contributed by atoms with E-state index in [2.05, 4.69) is 5.32 Å². The molecule has 0 aliphatic heterocycles. The molecule has 0 saturated carbocycles. The molecule has 1 amide bonds. The van der Waals surface area contributed by atoms with Gasteiger partial charge in [0.05, 0.1) is 10.5 Å². The Morgan fingerprint density at radius 2 is 1.78 bits per heavy atom. The quantitative estimate of drug-likeness (QED) is 0.802. The molecule has 0 aliphatic carbocycles. The summed E-state index contributed by atoms with van der Waals surface area (Å²) in [6, 6.07) is 4.73. The molecule has 7 heteroatoms. The first-order chi connectivity index (χ1) is 8.36. The van der Waals surface area contributed by atoms with Gasteiger partial charge < -0.3 is 10.4 Å². The second-order valence-corrected chi connectivity index (χ2v) is 5.53. The van der Waals surface area contributed by atoms with Gasteiger partial charge in [0.2, 0.25) is 5.91 Å². The molecule has 0 saturated heterocycles. The zero-order valence-electron chi connectivity index (χ0n) is 9.71. The predicted molar refractivity (Wildman–Crippen MR) is 64.1 cm³/mol. The first-order valence-corrected chi connectivity index (χ1v) is 6.85. The third-order valence-corrected chi connectivity index (χ3v) is 3.79. The Morgan fingerprint density at radius 3 is 2.22 bits per heavy atom. The molecule has 0 unspecified atom stereocenters. The zero-order chi connectivity index (χ0) is 13.8. The topological polar surface area (TPSA) is 101 Å². The molecule has 1 aromatic rings. The third-order valence-electron chi connectivity index (χ3n) is 2.16. The van der Waals surface area contributed by atoms with Crippen LogP contribution in [0.4, 0.5) is 0 Å². The zero-order valence-corrected chi connectivity index (χ0v) is 10.5. The average molecular weight is 271 g/mol. The minimum Gasteiger partial charge on any atom is -0.478 e. The van der Waals surface area contributed by atoms with Gasteiger partial charge in [-0.3, -0.25) is 4.79 Å². The Labute approximate surface area is 105 Å². The van der Waals surface area contributed by atoms with E-state index in [-0.39, 0.29) is 10.5 Å². The minimum absolute atomic E-state index is 0.00744. The van der Waals surface area contributed by atoms with Crippen molar-refractivity contribution in [3.8, 4) is 0 Å². The first kappa shape index (κ1) is 14.2. The number of carbonyl (C=O) groups excluding carboxylic acids is 1. The van der Waals surface area contributed by atoms with Crippen molar-refractivity contribution in [2.24, 2.45) is 0 Å². The fourth-order valence-electron chi connectivity index (χ4n) is 1.31. The van der Waals surface area contributed by atoms with E-state index in [1.807, 2.05) is 0 Å². The van der Waals surface area contributed by atoms with Crippen LogP contribution in [0, 0.1) is 0 Å². The summed E-state index contributed by atoms with van der Waals surface area (Å²) in [6.45, 7) is 2.04. The largest absolute Gasteiger partial charge is 0.478 e. The minimum atomic E-state index is -3.73. The third kappa shape index (κ3) is 3.56. The smallest absolute Gasteiger partial charge is 0.335 e. The highest BCUT2D eigenvalue weighted by Gasteiger charge is 2.19. The fourth-order valence-corrected chi connectivity index (χ4v) is 2.47. The van der Waals surface area contributed by atoms with Crippen LogP contribution in [0.2, 0.25) is 0 Å². The Bertz CT molecular complexity index is 547. The molecule has 0 aliphatic rings. The van der Waals surface area contributed by atoms with Crippen molar-refractivity contribution in [2.75, 3.05) is 12.3 Å². The van der Waals surface area contributed by atoms with Gasteiger partial charge in [0, 0.05) is 6.54 Å². The molecule has 0 bridgehead atoms. The lowest BCUT2D eigenvalue weighted by Gasteiger charge is -2.05. The van der Waals surface area contributed by atoms with Gasteiger partial charge in [0.25, 0.3) is 0 Å². The van der Waals surface area contributed by atoms with Crippen LogP contribution in [0.5, 0.6) is 0 Å². The van der Waals surface area contributed by atoms with Gasteiger partial charge >= 0.3 is 5.97 Å². The summed E-state index contributed by atoms with van der Waals surface area (Å²) >= 11 is 0.